The normalized spacial score (nSPS) is 41.9. The smallest absolute Gasteiger partial charge is 0.227 e. The van der Waals surface area contributed by atoms with E-state index in [-0.39, 0.29) is 6.42 Å². The number of halogens is 3. The number of hydrogen-bond acceptors (Lipinski definition) is 1. The Kier molecular flexibility index (Phi) is 1.70. The molecule has 4 heteroatoms. The second-order valence-electron chi connectivity index (χ2n) is 2.11. The van der Waals surface area contributed by atoms with E-state index in [2.05, 4.69) is 0 Å². The van der Waals surface area contributed by atoms with E-state index in [0.717, 1.165) is 0 Å². The Labute approximate surface area is 56.0 Å². The van der Waals surface area contributed by atoms with Gasteiger partial charge in [0, 0.05) is 0 Å². The Balaban J connectivity index is 2.42. The Morgan fingerprint density at radius 1 is 1.56 bits per heavy atom. The molecule has 1 rings (SSSR count). The lowest BCUT2D eigenvalue weighted by Gasteiger charge is -2.30. The third kappa shape index (κ3) is 1.06. The fourth-order valence-electron chi connectivity index (χ4n) is 0.777. The van der Waals surface area contributed by atoms with Gasteiger partial charge in [0.2, 0.25) is 5.24 Å². The van der Waals surface area contributed by atoms with Gasteiger partial charge in [0.15, 0.2) is 0 Å². The highest BCUT2D eigenvalue weighted by molar-refractivity contribution is 6.64. The first-order chi connectivity index (χ1) is 4.13. The van der Waals surface area contributed by atoms with Crippen molar-refractivity contribution in [3.05, 3.63) is 0 Å². The second-order valence-corrected chi connectivity index (χ2v) is 2.48. The molecule has 0 heterocycles. The maximum Gasteiger partial charge on any atom is 0.227 e. The van der Waals surface area contributed by atoms with E-state index in [4.69, 9.17) is 11.6 Å². The molecule has 0 saturated heterocycles. The molecule has 3 atom stereocenters. The quantitative estimate of drug-likeness (QED) is 0.523. The largest absolute Gasteiger partial charge is 0.281 e. The topological polar surface area (TPSA) is 17.1 Å². The molecule has 0 aromatic heterocycles. The van der Waals surface area contributed by atoms with E-state index in [0.29, 0.717) is 0 Å². The fourth-order valence-corrected chi connectivity index (χ4v) is 0.986. The Morgan fingerprint density at radius 2 is 2.11 bits per heavy atom. The van der Waals surface area contributed by atoms with Crippen molar-refractivity contribution >= 4 is 16.8 Å². The first kappa shape index (κ1) is 6.93. The summed E-state index contributed by atoms with van der Waals surface area (Å²) in [5.74, 6) is -0.887. The highest BCUT2D eigenvalue weighted by atomic mass is 35.5. The molecule has 0 spiro atoms. The standard InChI is InChI=1S/C5H5ClF2O/c6-5(9)2-1-3(7)4(2)8/h2-4H,1H2. The minimum atomic E-state index is -1.66. The van der Waals surface area contributed by atoms with Gasteiger partial charge in [-0.2, -0.15) is 0 Å². The summed E-state index contributed by atoms with van der Waals surface area (Å²) in [5, 5.41) is -0.767. The highest BCUT2D eigenvalue weighted by Crippen LogP contribution is 2.34. The highest BCUT2D eigenvalue weighted by Gasteiger charge is 2.45. The average Bonchev–Trinajstić information content (AvgIpc) is 1.81. The fraction of sp³-hybridized carbons (Fsp3) is 0.800. The molecule has 1 fully saturated rings. The molecule has 9 heavy (non-hydrogen) atoms. The van der Waals surface area contributed by atoms with Gasteiger partial charge in [-0.25, -0.2) is 8.78 Å². The van der Waals surface area contributed by atoms with Gasteiger partial charge >= 0.3 is 0 Å². The van der Waals surface area contributed by atoms with Crippen molar-refractivity contribution in [1.29, 1.82) is 0 Å². The van der Waals surface area contributed by atoms with Crippen molar-refractivity contribution in [2.45, 2.75) is 18.8 Å². The average molecular weight is 155 g/mol. The van der Waals surface area contributed by atoms with Crippen molar-refractivity contribution in [2.75, 3.05) is 0 Å². The molecule has 1 nitrogen and oxygen atoms in total. The van der Waals surface area contributed by atoms with E-state index < -0.39 is 23.5 Å². The van der Waals surface area contributed by atoms with Crippen molar-refractivity contribution < 1.29 is 13.6 Å². The molecule has 1 saturated carbocycles. The second kappa shape index (κ2) is 2.21. The molecular formula is C5H5ClF2O. The van der Waals surface area contributed by atoms with E-state index in [1.807, 2.05) is 0 Å². The first-order valence-electron chi connectivity index (χ1n) is 2.60. The van der Waals surface area contributed by atoms with E-state index >= 15 is 0 Å². The molecule has 0 amide bonds. The van der Waals surface area contributed by atoms with Crippen LogP contribution in [0.2, 0.25) is 0 Å². The number of carbonyl (C=O) groups is 1. The molecule has 1 aliphatic carbocycles. The van der Waals surface area contributed by atoms with Gasteiger partial charge in [0.25, 0.3) is 0 Å². The maximum absolute atomic E-state index is 12.1. The molecule has 0 radical (unpaired) electrons. The van der Waals surface area contributed by atoms with Gasteiger partial charge in [-0.15, -0.1) is 0 Å². The predicted octanol–water partition coefficient (Wildman–Crippen LogP) is 1.45. The zero-order valence-electron chi connectivity index (χ0n) is 4.48. The summed E-state index contributed by atoms with van der Waals surface area (Å²) >= 11 is 4.89. The summed E-state index contributed by atoms with van der Waals surface area (Å²) in [7, 11) is 0. The molecule has 0 aliphatic heterocycles. The van der Waals surface area contributed by atoms with Crippen LogP contribution in [0.15, 0.2) is 0 Å². The Hall–Kier alpha value is -0.180. The molecule has 0 aromatic carbocycles. The third-order valence-corrected chi connectivity index (χ3v) is 1.78. The van der Waals surface area contributed by atoms with Crippen LogP contribution in [0.4, 0.5) is 8.78 Å². The van der Waals surface area contributed by atoms with E-state index in [1.54, 1.807) is 0 Å². The SMILES string of the molecule is O=C(Cl)C1CC(F)C1F. The number of rotatable bonds is 1. The van der Waals surface area contributed by atoms with E-state index in [9.17, 15) is 13.6 Å². The Bertz CT molecular complexity index is 139. The summed E-state index contributed by atoms with van der Waals surface area (Å²) in [4.78, 5) is 10.1. The van der Waals surface area contributed by atoms with Gasteiger partial charge in [0.05, 0.1) is 5.92 Å². The van der Waals surface area contributed by atoms with Crippen LogP contribution in [0.25, 0.3) is 0 Å². The zero-order chi connectivity index (χ0) is 7.02. The first-order valence-corrected chi connectivity index (χ1v) is 2.98. The van der Waals surface area contributed by atoms with Crippen molar-refractivity contribution in [1.82, 2.24) is 0 Å². The van der Waals surface area contributed by atoms with Crippen LogP contribution in [0.1, 0.15) is 6.42 Å². The molecule has 0 N–H and O–H groups in total. The Morgan fingerprint density at radius 3 is 2.22 bits per heavy atom. The van der Waals surface area contributed by atoms with Gasteiger partial charge < -0.3 is 0 Å². The van der Waals surface area contributed by atoms with Crippen LogP contribution < -0.4 is 0 Å². The molecule has 0 aromatic rings. The van der Waals surface area contributed by atoms with Crippen LogP contribution in [-0.2, 0) is 4.79 Å². The third-order valence-electron chi connectivity index (χ3n) is 1.50. The minimum Gasteiger partial charge on any atom is -0.281 e. The summed E-state index contributed by atoms with van der Waals surface area (Å²) in [6.45, 7) is 0. The van der Waals surface area contributed by atoms with Crippen molar-refractivity contribution in [2.24, 2.45) is 5.92 Å². The summed E-state index contributed by atoms with van der Waals surface area (Å²) < 4.78 is 24.1. The number of alkyl halides is 2. The van der Waals surface area contributed by atoms with Crippen LogP contribution in [0, 0.1) is 5.92 Å². The molecule has 52 valence electrons. The maximum atomic E-state index is 12.1. The molecule has 0 bridgehead atoms. The summed E-state index contributed by atoms with van der Waals surface area (Å²) in [5.41, 5.74) is 0. The molecule has 3 unspecified atom stereocenters. The van der Waals surface area contributed by atoms with Gasteiger partial charge in [-0.1, -0.05) is 0 Å². The lowest BCUT2D eigenvalue weighted by atomic mass is 9.82. The number of hydrogen-bond donors (Lipinski definition) is 0. The summed E-state index contributed by atoms with van der Waals surface area (Å²) in [6.07, 6.45) is -3.18. The predicted molar refractivity (Wildman–Crippen MR) is 28.8 cm³/mol. The van der Waals surface area contributed by atoms with Crippen LogP contribution in [0.3, 0.4) is 0 Å². The van der Waals surface area contributed by atoms with Crippen LogP contribution >= 0.6 is 11.6 Å². The lowest BCUT2D eigenvalue weighted by Crippen LogP contribution is -2.43. The molecule has 1 aliphatic rings. The lowest BCUT2D eigenvalue weighted by molar-refractivity contribution is -0.124. The van der Waals surface area contributed by atoms with Crippen LogP contribution in [0.5, 0.6) is 0 Å². The number of carbonyl (C=O) groups excluding carboxylic acids is 1. The summed E-state index contributed by atoms with van der Waals surface area (Å²) in [6, 6.07) is 0. The van der Waals surface area contributed by atoms with Gasteiger partial charge in [0.1, 0.15) is 12.3 Å². The zero-order valence-corrected chi connectivity index (χ0v) is 5.24. The molecular weight excluding hydrogens is 150 g/mol. The van der Waals surface area contributed by atoms with Crippen molar-refractivity contribution in [3.63, 3.8) is 0 Å². The van der Waals surface area contributed by atoms with Gasteiger partial charge in [-0.05, 0) is 18.0 Å². The van der Waals surface area contributed by atoms with Crippen LogP contribution in [-0.4, -0.2) is 17.6 Å². The monoisotopic (exact) mass is 154 g/mol. The van der Waals surface area contributed by atoms with E-state index in [1.165, 1.54) is 0 Å². The van der Waals surface area contributed by atoms with Crippen molar-refractivity contribution in [3.8, 4) is 0 Å². The van der Waals surface area contributed by atoms with Gasteiger partial charge in [-0.3, -0.25) is 4.79 Å². The minimum absolute atomic E-state index is 0.0521.